The first kappa shape index (κ1) is 19.4. The van der Waals surface area contributed by atoms with Crippen LogP contribution in [-0.4, -0.2) is 23.0 Å². The van der Waals surface area contributed by atoms with Gasteiger partial charge in [0.1, 0.15) is 5.82 Å². The van der Waals surface area contributed by atoms with Crippen LogP contribution in [0, 0.1) is 0 Å². The highest BCUT2D eigenvalue weighted by atomic mass is 16.5. The summed E-state index contributed by atoms with van der Waals surface area (Å²) in [5.41, 5.74) is 3.45. The Morgan fingerprint density at radius 1 is 1.07 bits per heavy atom. The third-order valence-corrected chi connectivity index (χ3v) is 4.36. The van der Waals surface area contributed by atoms with Gasteiger partial charge in [-0.2, -0.15) is 0 Å². The Hall–Kier alpha value is -3.41. The third kappa shape index (κ3) is 4.85. The molecule has 0 fully saturated rings. The fourth-order valence-corrected chi connectivity index (χ4v) is 2.74. The summed E-state index contributed by atoms with van der Waals surface area (Å²) >= 11 is 0. The molecule has 0 aliphatic heterocycles. The second-order valence-electron chi connectivity index (χ2n) is 6.69. The van der Waals surface area contributed by atoms with E-state index in [0.29, 0.717) is 29.7 Å². The zero-order valence-corrected chi connectivity index (χ0v) is 16.3. The Kier molecular flexibility index (Phi) is 6.22. The van der Waals surface area contributed by atoms with Crippen molar-refractivity contribution in [1.29, 1.82) is 0 Å². The number of methoxy groups -OCH3 is 1. The van der Waals surface area contributed by atoms with Gasteiger partial charge in [-0.15, -0.1) is 0 Å². The number of amides is 1. The van der Waals surface area contributed by atoms with Gasteiger partial charge in [0.2, 0.25) is 5.88 Å². The zero-order chi connectivity index (χ0) is 19.9. The monoisotopic (exact) mass is 376 g/mol. The lowest BCUT2D eigenvalue weighted by atomic mass is 10.0. The number of carbonyl (C=O) groups excluding carboxylic acids is 1. The van der Waals surface area contributed by atoms with E-state index in [4.69, 9.17) is 4.74 Å². The van der Waals surface area contributed by atoms with Crippen LogP contribution in [0.4, 0.5) is 11.5 Å². The van der Waals surface area contributed by atoms with Gasteiger partial charge < -0.3 is 15.4 Å². The van der Waals surface area contributed by atoms with Crippen molar-refractivity contribution in [3.8, 4) is 5.88 Å². The Labute approximate surface area is 165 Å². The summed E-state index contributed by atoms with van der Waals surface area (Å²) < 4.78 is 5.14. The van der Waals surface area contributed by atoms with Gasteiger partial charge in [0, 0.05) is 30.7 Å². The van der Waals surface area contributed by atoms with Gasteiger partial charge in [-0.25, -0.2) is 9.97 Å². The van der Waals surface area contributed by atoms with Crippen LogP contribution >= 0.6 is 0 Å². The van der Waals surface area contributed by atoms with E-state index in [2.05, 4.69) is 34.4 Å². The summed E-state index contributed by atoms with van der Waals surface area (Å²) in [6, 6.07) is 15.1. The van der Waals surface area contributed by atoms with Gasteiger partial charge in [0.15, 0.2) is 0 Å². The number of hydrogen-bond acceptors (Lipinski definition) is 5. The molecule has 0 saturated carbocycles. The number of aromatic nitrogens is 2. The average Bonchev–Trinajstić information content (AvgIpc) is 2.73. The van der Waals surface area contributed by atoms with Crippen molar-refractivity contribution in [3.05, 3.63) is 77.6 Å². The van der Waals surface area contributed by atoms with Crippen LogP contribution in [0.3, 0.4) is 0 Å². The molecule has 0 atom stereocenters. The maximum Gasteiger partial charge on any atom is 0.259 e. The Morgan fingerprint density at radius 2 is 1.86 bits per heavy atom. The zero-order valence-electron chi connectivity index (χ0n) is 16.3. The fraction of sp³-hybridized carbons (Fsp3) is 0.227. The molecule has 6 nitrogen and oxygen atoms in total. The molecule has 6 heteroatoms. The molecule has 0 saturated heterocycles. The van der Waals surface area contributed by atoms with Gasteiger partial charge >= 0.3 is 0 Å². The summed E-state index contributed by atoms with van der Waals surface area (Å²) in [5, 5.41) is 6.15. The summed E-state index contributed by atoms with van der Waals surface area (Å²) in [4.78, 5) is 21.2. The van der Waals surface area contributed by atoms with Crippen LogP contribution in [0.5, 0.6) is 5.88 Å². The molecule has 0 spiro atoms. The number of hydrogen-bond donors (Lipinski definition) is 2. The normalized spacial score (nSPS) is 10.6. The molecule has 0 radical (unpaired) electrons. The molecule has 0 unspecified atom stereocenters. The first-order valence-corrected chi connectivity index (χ1v) is 9.16. The minimum atomic E-state index is -0.208. The lowest BCUT2D eigenvalue weighted by Crippen LogP contribution is -2.15. The second-order valence-corrected chi connectivity index (χ2v) is 6.69. The van der Waals surface area contributed by atoms with E-state index in [-0.39, 0.29) is 5.91 Å². The average molecular weight is 376 g/mol. The number of anilines is 2. The minimum Gasteiger partial charge on any atom is -0.481 e. The molecular formula is C22H24N4O2. The highest BCUT2D eigenvalue weighted by Crippen LogP contribution is 2.19. The van der Waals surface area contributed by atoms with Crippen molar-refractivity contribution >= 4 is 17.4 Å². The van der Waals surface area contributed by atoms with E-state index in [1.807, 2.05) is 36.4 Å². The van der Waals surface area contributed by atoms with Crippen LogP contribution in [0.2, 0.25) is 0 Å². The Balaban J connectivity index is 1.71. The van der Waals surface area contributed by atoms with Gasteiger partial charge in [0.25, 0.3) is 5.91 Å². The summed E-state index contributed by atoms with van der Waals surface area (Å²) in [6.45, 7) is 4.78. The number of rotatable bonds is 7. The number of nitrogens with zero attached hydrogens (tertiary/aromatic N) is 2. The van der Waals surface area contributed by atoms with Gasteiger partial charge in [-0.3, -0.25) is 4.79 Å². The lowest BCUT2D eigenvalue weighted by Gasteiger charge is -2.12. The van der Waals surface area contributed by atoms with Gasteiger partial charge in [-0.05, 0) is 47.4 Å². The molecule has 0 aliphatic carbocycles. The van der Waals surface area contributed by atoms with Crippen LogP contribution in [0.15, 0.2) is 60.9 Å². The number of ether oxygens (including phenoxy) is 1. The van der Waals surface area contributed by atoms with Crippen LogP contribution < -0.4 is 15.4 Å². The maximum absolute atomic E-state index is 12.7. The van der Waals surface area contributed by atoms with Crippen LogP contribution in [0.25, 0.3) is 0 Å². The quantitative estimate of drug-likeness (QED) is 0.636. The molecule has 28 heavy (non-hydrogen) atoms. The highest BCUT2D eigenvalue weighted by molar-refractivity contribution is 6.07. The molecule has 2 aromatic heterocycles. The van der Waals surface area contributed by atoms with Crippen molar-refractivity contribution in [3.63, 3.8) is 0 Å². The van der Waals surface area contributed by atoms with E-state index < -0.39 is 0 Å². The largest absolute Gasteiger partial charge is 0.481 e. The summed E-state index contributed by atoms with van der Waals surface area (Å²) in [7, 11) is 1.58. The van der Waals surface area contributed by atoms with Crippen molar-refractivity contribution < 1.29 is 9.53 Å². The van der Waals surface area contributed by atoms with Crippen molar-refractivity contribution in [2.75, 3.05) is 17.7 Å². The Morgan fingerprint density at radius 3 is 2.57 bits per heavy atom. The molecule has 1 aromatic carbocycles. The first-order valence-electron chi connectivity index (χ1n) is 9.16. The molecule has 1 amide bonds. The summed E-state index contributed by atoms with van der Waals surface area (Å²) in [6.07, 6.45) is 3.34. The third-order valence-electron chi connectivity index (χ3n) is 4.36. The van der Waals surface area contributed by atoms with E-state index in [0.717, 1.165) is 11.3 Å². The minimum absolute atomic E-state index is 0.208. The lowest BCUT2D eigenvalue weighted by molar-refractivity contribution is 0.102. The SMILES string of the molecule is COc1cc(CNc2ncccc2C(=O)Nc2ccc(C(C)C)cc2)ccn1. The van der Waals surface area contributed by atoms with E-state index in [1.54, 1.807) is 31.6 Å². The Bertz CT molecular complexity index is 939. The fourth-order valence-electron chi connectivity index (χ4n) is 2.74. The smallest absolute Gasteiger partial charge is 0.259 e. The van der Waals surface area contributed by atoms with Crippen molar-refractivity contribution in [2.45, 2.75) is 26.3 Å². The number of nitrogens with one attached hydrogen (secondary N) is 2. The van der Waals surface area contributed by atoms with Gasteiger partial charge in [-0.1, -0.05) is 26.0 Å². The molecule has 144 valence electrons. The molecule has 3 aromatic rings. The summed E-state index contributed by atoms with van der Waals surface area (Å²) in [5.74, 6) is 1.31. The predicted octanol–water partition coefficient (Wildman–Crippen LogP) is 4.47. The highest BCUT2D eigenvalue weighted by Gasteiger charge is 2.13. The van der Waals surface area contributed by atoms with E-state index >= 15 is 0 Å². The van der Waals surface area contributed by atoms with Crippen LogP contribution in [0.1, 0.15) is 41.3 Å². The van der Waals surface area contributed by atoms with Crippen molar-refractivity contribution in [2.24, 2.45) is 0 Å². The molecule has 3 rings (SSSR count). The number of carbonyl (C=O) groups is 1. The maximum atomic E-state index is 12.7. The molecular weight excluding hydrogens is 352 g/mol. The molecule has 0 bridgehead atoms. The van der Waals surface area contributed by atoms with E-state index in [1.165, 1.54) is 5.56 Å². The topological polar surface area (TPSA) is 76.1 Å². The standard InChI is InChI=1S/C22H24N4O2/c1-15(2)17-6-8-18(9-7-17)26-22(27)19-5-4-11-24-21(19)25-14-16-10-12-23-20(13-16)28-3/h4-13,15H,14H2,1-3H3,(H,24,25)(H,26,27). The number of pyridine rings is 2. The first-order chi connectivity index (χ1) is 13.6. The molecule has 0 aliphatic rings. The van der Waals surface area contributed by atoms with E-state index in [9.17, 15) is 4.79 Å². The molecule has 2 heterocycles. The second kappa shape index (κ2) is 8.99. The predicted molar refractivity (Wildman–Crippen MR) is 111 cm³/mol. The van der Waals surface area contributed by atoms with Gasteiger partial charge in [0.05, 0.1) is 12.7 Å². The number of benzene rings is 1. The molecule has 2 N–H and O–H groups in total. The van der Waals surface area contributed by atoms with Crippen LogP contribution in [-0.2, 0) is 6.54 Å². The van der Waals surface area contributed by atoms with Crippen molar-refractivity contribution in [1.82, 2.24) is 9.97 Å².